The second-order valence-corrected chi connectivity index (χ2v) is 12.7. The summed E-state index contributed by atoms with van der Waals surface area (Å²) in [5.41, 5.74) is 6.42. The molecule has 8 nitrogen and oxygen atoms in total. The molecule has 1 aliphatic rings. The molecule has 0 N–H and O–H groups in total. The van der Waals surface area contributed by atoms with Crippen LogP contribution >= 0.6 is 0 Å². The monoisotopic (exact) mass is 577 g/mol. The lowest BCUT2D eigenvalue weighted by Crippen LogP contribution is -2.41. The van der Waals surface area contributed by atoms with Crippen molar-refractivity contribution in [3.63, 3.8) is 0 Å². The van der Waals surface area contributed by atoms with Crippen LogP contribution in [0.5, 0.6) is 0 Å². The van der Waals surface area contributed by atoms with Crippen molar-refractivity contribution >= 4 is 27.9 Å². The van der Waals surface area contributed by atoms with Gasteiger partial charge in [0.1, 0.15) is 5.60 Å². The number of pyridine rings is 2. The van der Waals surface area contributed by atoms with Crippen LogP contribution in [0.4, 0.5) is 4.79 Å². The van der Waals surface area contributed by atoms with E-state index >= 15 is 0 Å². The topological polar surface area (TPSA) is 82.2 Å². The molecule has 1 amide bonds. The minimum absolute atomic E-state index is 0.0309. The van der Waals surface area contributed by atoms with Gasteiger partial charge in [0.2, 0.25) is 0 Å². The van der Waals surface area contributed by atoms with Gasteiger partial charge in [0, 0.05) is 56.2 Å². The fourth-order valence-electron chi connectivity index (χ4n) is 6.06. The van der Waals surface area contributed by atoms with Gasteiger partial charge in [0.05, 0.1) is 16.7 Å². The number of aromatic nitrogens is 4. The summed E-state index contributed by atoms with van der Waals surface area (Å²) < 4.78 is 8.88. The number of carbonyl (C=O) groups is 1. The standard InChI is InChI=1S/C35H39N5O3/c1-35(2,3)43-34(42)40-17-15-23(16-18-40)9-12-27-13-10-26(21-36-27)30-19-24-7-6-8-28(29(24)22-37-30)25-11-14-31-32(20-25)39(5)33(41)38(31)4/h6-8,10-11,13-14,19-23H,9,12,15-18H2,1-5H3. The van der Waals surface area contributed by atoms with Gasteiger partial charge in [-0.2, -0.15) is 0 Å². The summed E-state index contributed by atoms with van der Waals surface area (Å²) in [7, 11) is 3.61. The summed E-state index contributed by atoms with van der Waals surface area (Å²) in [5.74, 6) is 0.587. The summed E-state index contributed by atoms with van der Waals surface area (Å²) in [6.07, 6.45) is 7.63. The molecular weight excluding hydrogens is 538 g/mol. The molecule has 8 heteroatoms. The number of ether oxygens (including phenoxy) is 1. The summed E-state index contributed by atoms with van der Waals surface area (Å²) in [4.78, 5) is 36.2. The molecule has 1 aliphatic heterocycles. The third-order valence-corrected chi connectivity index (χ3v) is 8.54. The first-order valence-corrected chi connectivity index (χ1v) is 15.1. The Labute approximate surface area is 251 Å². The molecule has 0 spiro atoms. The predicted molar refractivity (Wildman–Crippen MR) is 171 cm³/mol. The second-order valence-electron chi connectivity index (χ2n) is 12.7. The van der Waals surface area contributed by atoms with Crippen LogP contribution < -0.4 is 5.69 Å². The lowest BCUT2D eigenvalue weighted by molar-refractivity contribution is 0.0181. The van der Waals surface area contributed by atoms with Crippen molar-refractivity contribution in [3.05, 3.63) is 83.2 Å². The van der Waals surface area contributed by atoms with E-state index < -0.39 is 5.60 Å². The summed E-state index contributed by atoms with van der Waals surface area (Å²) in [6.45, 7) is 7.22. The molecule has 1 saturated heterocycles. The van der Waals surface area contributed by atoms with Crippen LogP contribution in [0.25, 0.3) is 44.2 Å². The van der Waals surface area contributed by atoms with E-state index in [1.54, 1.807) is 16.2 Å². The van der Waals surface area contributed by atoms with Crippen molar-refractivity contribution in [2.45, 2.75) is 52.1 Å². The Morgan fingerprint density at radius 1 is 0.907 bits per heavy atom. The largest absolute Gasteiger partial charge is 0.444 e. The van der Waals surface area contributed by atoms with Gasteiger partial charge in [-0.15, -0.1) is 0 Å². The minimum atomic E-state index is -0.460. The van der Waals surface area contributed by atoms with Crippen LogP contribution in [0.1, 0.15) is 45.7 Å². The fraction of sp³-hybridized carbons (Fsp3) is 0.371. The van der Waals surface area contributed by atoms with Crippen molar-refractivity contribution in [2.24, 2.45) is 20.0 Å². The van der Waals surface area contributed by atoms with Crippen LogP contribution in [-0.2, 0) is 25.3 Å². The first-order valence-electron chi connectivity index (χ1n) is 15.1. The van der Waals surface area contributed by atoms with E-state index in [-0.39, 0.29) is 11.8 Å². The predicted octanol–water partition coefficient (Wildman–Crippen LogP) is 6.73. The molecule has 0 bridgehead atoms. The van der Waals surface area contributed by atoms with Gasteiger partial charge in [-0.1, -0.05) is 24.3 Å². The highest BCUT2D eigenvalue weighted by atomic mass is 16.6. The van der Waals surface area contributed by atoms with Crippen LogP contribution in [0, 0.1) is 5.92 Å². The molecule has 2 aromatic carbocycles. The molecule has 3 aromatic heterocycles. The van der Waals surface area contributed by atoms with Gasteiger partial charge in [-0.05, 0) is 99.2 Å². The molecule has 43 heavy (non-hydrogen) atoms. The third-order valence-electron chi connectivity index (χ3n) is 8.54. The summed E-state index contributed by atoms with van der Waals surface area (Å²) in [6, 6.07) is 18.7. The van der Waals surface area contributed by atoms with Gasteiger partial charge < -0.3 is 9.64 Å². The lowest BCUT2D eigenvalue weighted by Gasteiger charge is -2.33. The van der Waals surface area contributed by atoms with Crippen molar-refractivity contribution < 1.29 is 9.53 Å². The van der Waals surface area contributed by atoms with E-state index in [4.69, 9.17) is 14.7 Å². The van der Waals surface area contributed by atoms with Gasteiger partial charge in [0.15, 0.2) is 0 Å². The first kappa shape index (κ1) is 28.6. The average molecular weight is 578 g/mol. The molecule has 6 rings (SSSR count). The summed E-state index contributed by atoms with van der Waals surface area (Å²) in [5, 5.41) is 2.17. The van der Waals surface area contributed by atoms with Crippen molar-refractivity contribution in [1.29, 1.82) is 0 Å². The fourth-order valence-corrected chi connectivity index (χ4v) is 6.06. The Kier molecular flexibility index (Phi) is 7.54. The lowest BCUT2D eigenvalue weighted by atomic mass is 9.91. The van der Waals surface area contributed by atoms with Crippen molar-refractivity contribution in [1.82, 2.24) is 24.0 Å². The maximum absolute atomic E-state index is 12.4. The SMILES string of the molecule is Cn1c(=O)n(C)c2cc(-c3cccc4cc(-c5ccc(CCC6CCN(C(=O)OC(C)(C)C)CC6)nc5)ncc34)ccc21. The normalized spacial score (nSPS) is 14.5. The maximum atomic E-state index is 12.4. The molecule has 0 saturated carbocycles. The smallest absolute Gasteiger partial charge is 0.410 e. The highest BCUT2D eigenvalue weighted by Crippen LogP contribution is 2.32. The van der Waals surface area contributed by atoms with E-state index in [0.29, 0.717) is 5.92 Å². The van der Waals surface area contributed by atoms with E-state index in [2.05, 4.69) is 48.5 Å². The first-order chi connectivity index (χ1) is 20.6. The molecule has 5 aromatic rings. The van der Waals surface area contributed by atoms with Crippen LogP contribution in [-0.4, -0.2) is 48.8 Å². The zero-order valence-electron chi connectivity index (χ0n) is 25.6. The van der Waals surface area contributed by atoms with Gasteiger partial charge in [-0.3, -0.25) is 19.1 Å². The number of amides is 1. The Morgan fingerprint density at radius 2 is 1.65 bits per heavy atom. The Balaban J connectivity index is 1.12. The number of fused-ring (bicyclic) bond motifs is 2. The maximum Gasteiger partial charge on any atom is 0.410 e. The second kappa shape index (κ2) is 11.3. The molecular formula is C35H39N5O3. The Morgan fingerprint density at radius 3 is 2.37 bits per heavy atom. The van der Waals surface area contributed by atoms with Gasteiger partial charge in [0.25, 0.3) is 0 Å². The number of rotatable bonds is 5. The number of likely N-dealkylation sites (tertiary alicyclic amines) is 1. The number of piperidine rings is 1. The van der Waals surface area contributed by atoms with E-state index in [0.717, 1.165) is 88.7 Å². The quantitative estimate of drug-likeness (QED) is 0.231. The zero-order chi connectivity index (χ0) is 30.3. The number of aryl methyl sites for hydroxylation is 3. The van der Waals surface area contributed by atoms with Gasteiger partial charge in [-0.25, -0.2) is 9.59 Å². The number of benzene rings is 2. The molecule has 222 valence electrons. The number of nitrogens with zero attached hydrogens (tertiary/aromatic N) is 5. The number of hydrogen-bond donors (Lipinski definition) is 0. The number of carbonyl (C=O) groups excluding carboxylic acids is 1. The van der Waals surface area contributed by atoms with Crippen LogP contribution in [0.15, 0.2) is 71.8 Å². The highest BCUT2D eigenvalue weighted by molar-refractivity contribution is 5.99. The zero-order valence-corrected chi connectivity index (χ0v) is 25.6. The average Bonchev–Trinajstić information content (AvgIpc) is 3.22. The molecule has 0 aliphatic carbocycles. The van der Waals surface area contributed by atoms with Crippen molar-refractivity contribution in [2.75, 3.05) is 13.1 Å². The van der Waals surface area contributed by atoms with E-state index in [1.807, 2.05) is 51.2 Å². The number of hydrogen-bond acceptors (Lipinski definition) is 5. The van der Waals surface area contributed by atoms with Crippen LogP contribution in [0.3, 0.4) is 0 Å². The van der Waals surface area contributed by atoms with Crippen LogP contribution in [0.2, 0.25) is 0 Å². The molecule has 0 radical (unpaired) electrons. The van der Waals surface area contributed by atoms with Crippen molar-refractivity contribution in [3.8, 4) is 22.4 Å². The van der Waals surface area contributed by atoms with Gasteiger partial charge >= 0.3 is 11.8 Å². The third kappa shape index (κ3) is 5.91. The molecule has 4 heterocycles. The molecule has 0 unspecified atom stereocenters. The highest BCUT2D eigenvalue weighted by Gasteiger charge is 2.26. The van der Waals surface area contributed by atoms with E-state index in [1.165, 1.54) is 0 Å². The van der Waals surface area contributed by atoms with E-state index in [9.17, 15) is 9.59 Å². The molecule has 0 atom stereocenters. The Bertz CT molecular complexity index is 1860. The summed E-state index contributed by atoms with van der Waals surface area (Å²) >= 11 is 0. The minimum Gasteiger partial charge on any atom is -0.444 e. The molecule has 1 fully saturated rings. The number of imidazole rings is 1. The Hall–Kier alpha value is -4.46.